The lowest BCUT2D eigenvalue weighted by atomic mass is 10.0. The lowest BCUT2D eigenvalue weighted by Gasteiger charge is -2.10. The normalized spacial score (nSPS) is 33.8. The van der Waals surface area contributed by atoms with Gasteiger partial charge in [0.05, 0.1) is 12.3 Å². The molecule has 0 saturated heterocycles. The van der Waals surface area contributed by atoms with E-state index in [-0.39, 0.29) is 6.10 Å². The molecule has 88 valence electrons. The van der Waals surface area contributed by atoms with Crippen LogP contribution in [0.1, 0.15) is 31.7 Å². The number of aliphatic hydroxyl groups is 1. The molecule has 2 aliphatic rings. The summed E-state index contributed by atoms with van der Waals surface area (Å²) in [5.41, 5.74) is 1.18. The predicted molar refractivity (Wildman–Crippen MR) is 61.9 cm³/mol. The highest BCUT2D eigenvalue weighted by Crippen LogP contribution is 2.59. The van der Waals surface area contributed by atoms with Crippen LogP contribution in [0.5, 0.6) is 0 Å². The first-order valence-electron chi connectivity index (χ1n) is 6.49. The first-order chi connectivity index (χ1) is 7.79. The van der Waals surface area contributed by atoms with Crippen LogP contribution in [0.2, 0.25) is 0 Å². The van der Waals surface area contributed by atoms with E-state index >= 15 is 0 Å². The lowest BCUT2D eigenvalue weighted by molar-refractivity contribution is 0.135. The first-order valence-corrected chi connectivity index (χ1v) is 6.49. The van der Waals surface area contributed by atoms with Gasteiger partial charge in [-0.1, -0.05) is 6.42 Å². The minimum absolute atomic E-state index is 0.134. The number of nitrogens with zero attached hydrogens (tertiary/aromatic N) is 2. The molecular formula is C13H20N2O. The molecule has 0 aromatic carbocycles. The number of aromatic nitrogens is 2. The van der Waals surface area contributed by atoms with Gasteiger partial charge in [-0.15, -0.1) is 0 Å². The quantitative estimate of drug-likeness (QED) is 0.841. The van der Waals surface area contributed by atoms with Crippen LogP contribution in [0.25, 0.3) is 0 Å². The summed E-state index contributed by atoms with van der Waals surface area (Å²) in [5.74, 6) is 2.28. The Morgan fingerprint density at radius 3 is 2.88 bits per heavy atom. The van der Waals surface area contributed by atoms with Crippen LogP contribution in [-0.2, 0) is 13.0 Å². The summed E-state index contributed by atoms with van der Waals surface area (Å²) in [6.45, 7) is 2.99. The summed E-state index contributed by atoms with van der Waals surface area (Å²) in [4.78, 5) is 0. The Kier molecular flexibility index (Phi) is 2.51. The third kappa shape index (κ3) is 1.67. The van der Waals surface area contributed by atoms with Crippen LogP contribution < -0.4 is 0 Å². The number of hydrogen-bond acceptors (Lipinski definition) is 2. The third-order valence-corrected chi connectivity index (χ3v) is 4.37. The SMILES string of the molecule is CCn1cc(CC(O)C2C3CCCC32)cn1. The monoisotopic (exact) mass is 220 g/mol. The molecule has 1 aromatic rings. The van der Waals surface area contributed by atoms with Crippen molar-refractivity contribution in [3.05, 3.63) is 18.0 Å². The molecule has 0 aliphatic heterocycles. The molecule has 1 heterocycles. The van der Waals surface area contributed by atoms with E-state index in [0.717, 1.165) is 24.8 Å². The molecule has 3 unspecified atom stereocenters. The van der Waals surface area contributed by atoms with Gasteiger partial charge in [0, 0.05) is 19.2 Å². The van der Waals surface area contributed by atoms with Gasteiger partial charge < -0.3 is 5.11 Å². The highest BCUT2D eigenvalue weighted by Gasteiger charge is 2.55. The molecule has 1 N–H and O–H groups in total. The van der Waals surface area contributed by atoms with Gasteiger partial charge in [0.2, 0.25) is 0 Å². The molecule has 1 aromatic heterocycles. The number of aliphatic hydroxyl groups excluding tert-OH is 1. The van der Waals surface area contributed by atoms with Gasteiger partial charge in [-0.2, -0.15) is 5.10 Å². The lowest BCUT2D eigenvalue weighted by Crippen LogP contribution is -2.16. The van der Waals surface area contributed by atoms with E-state index in [1.807, 2.05) is 10.9 Å². The Morgan fingerprint density at radius 1 is 1.50 bits per heavy atom. The third-order valence-electron chi connectivity index (χ3n) is 4.37. The summed E-state index contributed by atoms with van der Waals surface area (Å²) in [6.07, 6.45) is 8.68. The summed E-state index contributed by atoms with van der Waals surface area (Å²) < 4.78 is 1.93. The van der Waals surface area contributed by atoms with Crippen LogP contribution in [0.15, 0.2) is 12.4 Å². The zero-order chi connectivity index (χ0) is 11.1. The molecule has 3 atom stereocenters. The Labute approximate surface area is 96.5 Å². The van der Waals surface area contributed by atoms with E-state index < -0.39 is 0 Å². The molecule has 3 nitrogen and oxygen atoms in total. The van der Waals surface area contributed by atoms with Crippen molar-refractivity contribution in [1.82, 2.24) is 9.78 Å². The second kappa shape index (κ2) is 3.88. The predicted octanol–water partition coefficient (Wildman–Crippen LogP) is 1.85. The van der Waals surface area contributed by atoms with Gasteiger partial charge in [-0.25, -0.2) is 0 Å². The van der Waals surface area contributed by atoms with E-state index in [0.29, 0.717) is 5.92 Å². The number of rotatable bonds is 4. The highest BCUT2D eigenvalue weighted by molar-refractivity contribution is 5.11. The standard InChI is InChI=1S/C13H20N2O/c1-2-15-8-9(7-14-15)6-12(16)13-10-4-3-5-11(10)13/h7-8,10-13,16H,2-6H2,1H3. The van der Waals surface area contributed by atoms with Gasteiger partial charge in [0.25, 0.3) is 0 Å². The fourth-order valence-electron chi connectivity index (χ4n) is 3.51. The van der Waals surface area contributed by atoms with Gasteiger partial charge in [0.15, 0.2) is 0 Å². The first kappa shape index (κ1) is 10.3. The van der Waals surface area contributed by atoms with Crippen molar-refractivity contribution in [3.8, 4) is 0 Å². The number of fused-ring (bicyclic) bond motifs is 1. The van der Waals surface area contributed by atoms with Crippen molar-refractivity contribution in [1.29, 1.82) is 0 Å². The average molecular weight is 220 g/mol. The molecule has 3 rings (SSSR count). The van der Waals surface area contributed by atoms with Crippen LogP contribution in [0, 0.1) is 17.8 Å². The number of hydrogen-bond donors (Lipinski definition) is 1. The molecule has 0 radical (unpaired) electrons. The van der Waals surface area contributed by atoms with E-state index in [2.05, 4.69) is 18.2 Å². The van der Waals surface area contributed by atoms with Crippen molar-refractivity contribution in [2.45, 2.75) is 45.3 Å². The molecule has 2 aliphatic carbocycles. The molecule has 0 amide bonds. The maximum atomic E-state index is 10.2. The van der Waals surface area contributed by atoms with Crippen molar-refractivity contribution in [2.75, 3.05) is 0 Å². The zero-order valence-corrected chi connectivity index (χ0v) is 9.84. The molecule has 0 bridgehead atoms. The van der Waals surface area contributed by atoms with Gasteiger partial charge >= 0.3 is 0 Å². The van der Waals surface area contributed by atoms with E-state index in [1.54, 1.807) is 0 Å². The summed E-state index contributed by atoms with van der Waals surface area (Å²) in [5, 5.41) is 14.4. The number of aryl methyl sites for hydroxylation is 1. The average Bonchev–Trinajstić information content (AvgIpc) is 2.72. The van der Waals surface area contributed by atoms with Crippen molar-refractivity contribution >= 4 is 0 Å². The Hall–Kier alpha value is -0.830. The maximum absolute atomic E-state index is 10.2. The van der Waals surface area contributed by atoms with Crippen LogP contribution >= 0.6 is 0 Å². The van der Waals surface area contributed by atoms with Crippen molar-refractivity contribution < 1.29 is 5.11 Å². The molecular weight excluding hydrogens is 200 g/mol. The van der Waals surface area contributed by atoms with Crippen LogP contribution in [0.4, 0.5) is 0 Å². The van der Waals surface area contributed by atoms with E-state index in [1.165, 1.54) is 24.8 Å². The van der Waals surface area contributed by atoms with E-state index in [4.69, 9.17) is 0 Å². The van der Waals surface area contributed by atoms with Crippen molar-refractivity contribution in [3.63, 3.8) is 0 Å². The van der Waals surface area contributed by atoms with E-state index in [9.17, 15) is 5.11 Å². The highest BCUT2D eigenvalue weighted by atomic mass is 16.3. The largest absolute Gasteiger partial charge is 0.392 e. The fraction of sp³-hybridized carbons (Fsp3) is 0.769. The molecule has 2 fully saturated rings. The zero-order valence-electron chi connectivity index (χ0n) is 9.84. The second-order valence-corrected chi connectivity index (χ2v) is 5.31. The Bertz CT molecular complexity index is 364. The topological polar surface area (TPSA) is 38.0 Å². The molecule has 3 heteroatoms. The van der Waals surface area contributed by atoms with Gasteiger partial charge in [-0.05, 0) is 43.1 Å². The second-order valence-electron chi connectivity index (χ2n) is 5.31. The Morgan fingerprint density at radius 2 is 2.25 bits per heavy atom. The summed E-state index contributed by atoms with van der Waals surface area (Å²) in [7, 11) is 0. The van der Waals surface area contributed by atoms with Gasteiger partial charge in [0.1, 0.15) is 0 Å². The smallest absolute Gasteiger partial charge is 0.0615 e. The molecule has 0 spiro atoms. The van der Waals surface area contributed by atoms with Crippen LogP contribution in [0.3, 0.4) is 0 Å². The maximum Gasteiger partial charge on any atom is 0.0615 e. The molecule has 2 saturated carbocycles. The summed E-state index contributed by atoms with van der Waals surface area (Å²) >= 11 is 0. The fourth-order valence-corrected chi connectivity index (χ4v) is 3.51. The van der Waals surface area contributed by atoms with Gasteiger partial charge in [-0.3, -0.25) is 4.68 Å². The van der Waals surface area contributed by atoms with Crippen LogP contribution in [-0.4, -0.2) is 21.0 Å². The Balaban J connectivity index is 1.58. The molecule has 16 heavy (non-hydrogen) atoms. The minimum Gasteiger partial charge on any atom is -0.392 e. The minimum atomic E-state index is -0.134. The summed E-state index contributed by atoms with van der Waals surface area (Å²) in [6, 6.07) is 0. The van der Waals surface area contributed by atoms with Crippen molar-refractivity contribution in [2.24, 2.45) is 17.8 Å².